The number of hydrogen-bond acceptors (Lipinski definition) is 1. The Bertz CT molecular complexity index is 192. The zero-order valence-corrected chi connectivity index (χ0v) is 11.4. The third kappa shape index (κ3) is 3.79. The molecule has 1 heteroatoms. The summed E-state index contributed by atoms with van der Waals surface area (Å²) in [6.07, 6.45) is 4.13. The van der Waals surface area contributed by atoms with Crippen molar-refractivity contribution >= 4 is 0 Å². The Morgan fingerprint density at radius 1 is 1.07 bits per heavy atom. The molecule has 15 heavy (non-hydrogen) atoms. The predicted molar refractivity (Wildman–Crippen MR) is 68.0 cm³/mol. The van der Waals surface area contributed by atoms with Crippen LogP contribution in [0.1, 0.15) is 60.8 Å². The lowest BCUT2D eigenvalue weighted by atomic mass is 9.78. The van der Waals surface area contributed by atoms with Gasteiger partial charge in [0, 0.05) is 12.1 Å². The second-order valence-electron chi connectivity index (χ2n) is 6.72. The van der Waals surface area contributed by atoms with E-state index in [2.05, 4.69) is 46.9 Å². The highest BCUT2D eigenvalue weighted by atomic mass is 15.0. The molecule has 0 aliphatic heterocycles. The van der Waals surface area contributed by atoms with Crippen LogP contribution in [0.4, 0.5) is 0 Å². The Labute approximate surface area is 96.0 Å². The van der Waals surface area contributed by atoms with E-state index in [1.165, 1.54) is 19.3 Å². The molecular weight excluding hydrogens is 182 g/mol. The smallest absolute Gasteiger partial charge is 0.00898 e. The second kappa shape index (κ2) is 4.86. The van der Waals surface area contributed by atoms with Crippen LogP contribution in [0.15, 0.2) is 0 Å². The van der Waals surface area contributed by atoms with Crippen LogP contribution in [0, 0.1) is 17.3 Å². The molecule has 1 nitrogen and oxygen atoms in total. The summed E-state index contributed by atoms with van der Waals surface area (Å²) >= 11 is 0. The molecule has 90 valence electrons. The van der Waals surface area contributed by atoms with Crippen LogP contribution in [0.3, 0.4) is 0 Å². The van der Waals surface area contributed by atoms with E-state index in [0.717, 1.165) is 17.9 Å². The van der Waals surface area contributed by atoms with Crippen molar-refractivity contribution in [1.29, 1.82) is 0 Å². The van der Waals surface area contributed by atoms with Crippen molar-refractivity contribution in [1.82, 2.24) is 5.32 Å². The standard InChI is InChI=1S/C14H29N/c1-10-7-8-13(9-11(10)2)15-12(3)14(4,5)6/h10-13,15H,7-9H2,1-6H3. The van der Waals surface area contributed by atoms with Crippen molar-refractivity contribution in [3.05, 3.63) is 0 Å². The van der Waals surface area contributed by atoms with Crippen LogP contribution in [0.5, 0.6) is 0 Å². The molecule has 0 spiro atoms. The molecule has 0 aromatic rings. The summed E-state index contributed by atoms with van der Waals surface area (Å²) in [5.74, 6) is 1.82. The number of nitrogens with one attached hydrogen (secondary N) is 1. The van der Waals surface area contributed by atoms with E-state index in [-0.39, 0.29) is 0 Å². The molecule has 0 radical (unpaired) electrons. The third-order valence-corrected chi connectivity index (χ3v) is 4.38. The molecule has 1 aliphatic rings. The zero-order chi connectivity index (χ0) is 11.6. The predicted octanol–water partition coefficient (Wildman–Crippen LogP) is 3.84. The maximum absolute atomic E-state index is 3.81. The molecule has 1 aliphatic carbocycles. The minimum Gasteiger partial charge on any atom is -0.311 e. The summed E-state index contributed by atoms with van der Waals surface area (Å²) in [7, 11) is 0. The lowest BCUT2D eigenvalue weighted by molar-refractivity contribution is 0.184. The van der Waals surface area contributed by atoms with Crippen molar-refractivity contribution < 1.29 is 0 Å². The van der Waals surface area contributed by atoms with Gasteiger partial charge in [-0.05, 0) is 43.4 Å². The second-order valence-corrected chi connectivity index (χ2v) is 6.72. The first kappa shape index (κ1) is 13.0. The molecule has 0 aromatic heterocycles. The van der Waals surface area contributed by atoms with Gasteiger partial charge in [0.2, 0.25) is 0 Å². The molecule has 1 saturated carbocycles. The fourth-order valence-corrected chi connectivity index (χ4v) is 2.30. The molecule has 1 rings (SSSR count). The molecule has 4 atom stereocenters. The van der Waals surface area contributed by atoms with Crippen molar-refractivity contribution in [3.63, 3.8) is 0 Å². The van der Waals surface area contributed by atoms with Gasteiger partial charge < -0.3 is 5.32 Å². The van der Waals surface area contributed by atoms with E-state index in [1.807, 2.05) is 0 Å². The molecule has 4 unspecified atom stereocenters. The topological polar surface area (TPSA) is 12.0 Å². The van der Waals surface area contributed by atoms with E-state index in [1.54, 1.807) is 0 Å². The molecule has 0 amide bonds. The van der Waals surface area contributed by atoms with Crippen LogP contribution < -0.4 is 5.32 Å². The van der Waals surface area contributed by atoms with Crippen molar-refractivity contribution in [2.45, 2.75) is 72.9 Å². The first-order valence-corrected chi connectivity index (χ1v) is 6.56. The van der Waals surface area contributed by atoms with Gasteiger partial charge in [-0.2, -0.15) is 0 Å². The van der Waals surface area contributed by atoms with Crippen LogP contribution in [0.2, 0.25) is 0 Å². The van der Waals surface area contributed by atoms with E-state index in [4.69, 9.17) is 0 Å². The summed E-state index contributed by atoms with van der Waals surface area (Å²) < 4.78 is 0. The van der Waals surface area contributed by atoms with Gasteiger partial charge in [0.25, 0.3) is 0 Å². The monoisotopic (exact) mass is 211 g/mol. The van der Waals surface area contributed by atoms with Crippen LogP contribution in [0.25, 0.3) is 0 Å². The first-order chi connectivity index (χ1) is 6.80. The highest BCUT2D eigenvalue weighted by Crippen LogP contribution is 2.30. The molecular formula is C14H29N. The van der Waals surface area contributed by atoms with Gasteiger partial charge in [0.05, 0.1) is 0 Å². The molecule has 1 fully saturated rings. The van der Waals surface area contributed by atoms with Gasteiger partial charge in [-0.3, -0.25) is 0 Å². The normalized spacial score (nSPS) is 35.2. The zero-order valence-electron chi connectivity index (χ0n) is 11.4. The van der Waals surface area contributed by atoms with Crippen molar-refractivity contribution in [2.75, 3.05) is 0 Å². The quantitative estimate of drug-likeness (QED) is 0.732. The maximum Gasteiger partial charge on any atom is 0.00898 e. The highest BCUT2D eigenvalue weighted by Gasteiger charge is 2.28. The van der Waals surface area contributed by atoms with Gasteiger partial charge in [-0.1, -0.05) is 34.6 Å². The van der Waals surface area contributed by atoms with Crippen molar-refractivity contribution in [2.24, 2.45) is 17.3 Å². The van der Waals surface area contributed by atoms with Gasteiger partial charge in [0.1, 0.15) is 0 Å². The first-order valence-electron chi connectivity index (χ1n) is 6.56. The van der Waals surface area contributed by atoms with Gasteiger partial charge >= 0.3 is 0 Å². The third-order valence-electron chi connectivity index (χ3n) is 4.38. The van der Waals surface area contributed by atoms with Crippen LogP contribution >= 0.6 is 0 Å². The fraction of sp³-hybridized carbons (Fsp3) is 1.00. The SMILES string of the molecule is CC1CCC(NC(C)C(C)(C)C)CC1C. The Balaban J connectivity index is 2.40. The molecule has 1 N–H and O–H groups in total. The minimum atomic E-state index is 0.381. The van der Waals surface area contributed by atoms with E-state index in [0.29, 0.717) is 11.5 Å². The summed E-state index contributed by atoms with van der Waals surface area (Å²) in [6, 6.07) is 1.37. The van der Waals surface area contributed by atoms with Gasteiger partial charge in [0.15, 0.2) is 0 Å². The van der Waals surface area contributed by atoms with E-state index in [9.17, 15) is 0 Å². The van der Waals surface area contributed by atoms with Gasteiger partial charge in [-0.25, -0.2) is 0 Å². The lowest BCUT2D eigenvalue weighted by Gasteiger charge is -2.37. The highest BCUT2D eigenvalue weighted by molar-refractivity contribution is 4.85. The largest absolute Gasteiger partial charge is 0.311 e. The van der Waals surface area contributed by atoms with Gasteiger partial charge in [-0.15, -0.1) is 0 Å². The molecule has 0 heterocycles. The minimum absolute atomic E-state index is 0.381. The summed E-state index contributed by atoms with van der Waals surface area (Å²) in [5, 5.41) is 3.81. The number of hydrogen-bond donors (Lipinski definition) is 1. The Morgan fingerprint density at radius 3 is 2.13 bits per heavy atom. The van der Waals surface area contributed by atoms with Crippen molar-refractivity contribution in [3.8, 4) is 0 Å². The Morgan fingerprint density at radius 2 is 1.67 bits per heavy atom. The lowest BCUT2D eigenvalue weighted by Crippen LogP contribution is -2.46. The molecule has 0 saturated heterocycles. The van der Waals surface area contributed by atoms with E-state index < -0.39 is 0 Å². The number of rotatable bonds is 2. The summed E-state index contributed by atoms with van der Waals surface area (Å²) in [4.78, 5) is 0. The molecule has 0 aromatic carbocycles. The van der Waals surface area contributed by atoms with Crippen LogP contribution in [-0.2, 0) is 0 Å². The Kier molecular flexibility index (Phi) is 4.22. The van der Waals surface area contributed by atoms with E-state index >= 15 is 0 Å². The average molecular weight is 211 g/mol. The Hall–Kier alpha value is -0.0400. The summed E-state index contributed by atoms with van der Waals surface area (Å²) in [6.45, 7) is 14.1. The van der Waals surface area contributed by atoms with Crippen LogP contribution in [-0.4, -0.2) is 12.1 Å². The fourth-order valence-electron chi connectivity index (χ4n) is 2.30. The summed E-state index contributed by atoms with van der Waals surface area (Å²) in [5.41, 5.74) is 0.381. The maximum atomic E-state index is 3.81. The molecule has 0 bridgehead atoms. The average Bonchev–Trinajstić information content (AvgIpc) is 2.10.